The van der Waals surface area contributed by atoms with Crippen molar-refractivity contribution in [3.63, 3.8) is 0 Å². The van der Waals surface area contributed by atoms with Crippen LogP contribution in [0.15, 0.2) is 0 Å². The van der Waals surface area contributed by atoms with Crippen molar-refractivity contribution in [2.45, 2.75) is 179 Å². The maximum absolute atomic E-state index is 12.5. The second-order valence-corrected chi connectivity index (χ2v) is 13.5. The van der Waals surface area contributed by atoms with Crippen LogP contribution in [0.1, 0.15) is 161 Å². The summed E-state index contributed by atoms with van der Waals surface area (Å²) in [7, 11) is 0. The molecule has 14 heteroatoms. The zero-order chi connectivity index (χ0) is 38.1. The Bertz CT molecular complexity index is 981. The number of carbonyl (C=O) groups excluding carboxylic acids is 4. The Balaban J connectivity index is 4.10. The van der Waals surface area contributed by atoms with Crippen LogP contribution >= 0.6 is 0 Å². The van der Waals surface area contributed by atoms with E-state index >= 15 is 0 Å². The van der Waals surface area contributed by atoms with E-state index in [9.17, 15) is 44.1 Å². The topological polar surface area (TPSA) is 231 Å². The Kier molecular flexibility index (Phi) is 30.5. The summed E-state index contributed by atoms with van der Waals surface area (Å²) in [4.78, 5) is 71.3. The number of aliphatic hydroxyl groups excluding tert-OH is 2. The first-order valence-corrected chi connectivity index (χ1v) is 19.3. The van der Waals surface area contributed by atoms with E-state index in [-0.39, 0.29) is 70.0 Å². The summed E-state index contributed by atoms with van der Waals surface area (Å²) in [5.41, 5.74) is 0. The molecule has 0 aliphatic carbocycles. The standard InChI is InChI=1S/C37H68N4O10/c1-2-3-26-38-32(44)23-20-29(27-42)40-34(46)25-22-31(37(50)51)41-35(47)24-21-30(28-43)39-33(45)18-16-14-12-10-8-6-4-5-7-9-11-13-15-17-19-36(48)49/h29-31,42-43H,2-28H2,1H3,(H,38,44)(H,39,45)(H,40,46)(H,41,47)(H,48,49)(H,50,51)/t29-,30-,31?/m0/s1. The highest BCUT2D eigenvalue weighted by Crippen LogP contribution is 2.14. The molecule has 296 valence electrons. The number of rotatable bonds is 35. The highest BCUT2D eigenvalue weighted by Gasteiger charge is 2.23. The van der Waals surface area contributed by atoms with Gasteiger partial charge in [0, 0.05) is 38.6 Å². The van der Waals surface area contributed by atoms with Crippen molar-refractivity contribution in [3.05, 3.63) is 0 Å². The summed E-state index contributed by atoms with van der Waals surface area (Å²) in [5.74, 6) is -3.49. The second-order valence-electron chi connectivity index (χ2n) is 13.5. The van der Waals surface area contributed by atoms with Gasteiger partial charge in [-0.15, -0.1) is 0 Å². The molecule has 14 nitrogen and oxygen atoms in total. The fourth-order valence-corrected chi connectivity index (χ4v) is 5.60. The quantitative estimate of drug-likeness (QED) is 0.0436. The third-order valence-corrected chi connectivity index (χ3v) is 8.80. The average molecular weight is 729 g/mol. The van der Waals surface area contributed by atoms with Gasteiger partial charge in [-0.05, 0) is 38.5 Å². The first kappa shape index (κ1) is 47.7. The number of hydrogen-bond acceptors (Lipinski definition) is 8. The number of aliphatic carboxylic acids is 2. The number of unbranched alkanes of at least 4 members (excludes halogenated alkanes) is 14. The van der Waals surface area contributed by atoms with Crippen LogP contribution in [0.4, 0.5) is 0 Å². The first-order valence-electron chi connectivity index (χ1n) is 19.3. The normalized spacial score (nSPS) is 12.8. The number of amides is 4. The maximum Gasteiger partial charge on any atom is 0.326 e. The highest BCUT2D eigenvalue weighted by atomic mass is 16.4. The predicted molar refractivity (Wildman–Crippen MR) is 195 cm³/mol. The number of carboxylic acid groups (broad SMARTS) is 2. The minimum Gasteiger partial charge on any atom is -0.481 e. The minimum absolute atomic E-state index is 0.122. The Morgan fingerprint density at radius 2 is 0.863 bits per heavy atom. The highest BCUT2D eigenvalue weighted by molar-refractivity contribution is 5.84. The molecule has 8 N–H and O–H groups in total. The van der Waals surface area contributed by atoms with Gasteiger partial charge < -0.3 is 41.7 Å². The predicted octanol–water partition coefficient (Wildman–Crippen LogP) is 4.09. The molecule has 0 aromatic rings. The molecule has 0 radical (unpaired) electrons. The van der Waals surface area contributed by atoms with Gasteiger partial charge in [0.25, 0.3) is 0 Å². The van der Waals surface area contributed by atoms with E-state index in [1.165, 1.54) is 44.9 Å². The molecule has 0 bridgehead atoms. The van der Waals surface area contributed by atoms with E-state index in [4.69, 9.17) is 5.11 Å². The number of nitrogens with one attached hydrogen (secondary N) is 4. The Morgan fingerprint density at radius 3 is 1.29 bits per heavy atom. The lowest BCUT2D eigenvalue weighted by Crippen LogP contribution is -2.44. The monoisotopic (exact) mass is 728 g/mol. The van der Waals surface area contributed by atoms with E-state index in [0.29, 0.717) is 13.0 Å². The maximum atomic E-state index is 12.5. The summed E-state index contributed by atoms with van der Waals surface area (Å²) in [6.07, 6.45) is 17.6. The van der Waals surface area contributed by atoms with Gasteiger partial charge in [-0.1, -0.05) is 90.4 Å². The smallest absolute Gasteiger partial charge is 0.326 e. The van der Waals surface area contributed by atoms with E-state index in [0.717, 1.165) is 57.8 Å². The molecule has 0 aliphatic heterocycles. The van der Waals surface area contributed by atoms with Gasteiger partial charge in [-0.25, -0.2) is 4.79 Å². The molecule has 0 saturated heterocycles. The molecule has 0 heterocycles. The average Bonchev–Trinajstić information content (AvgIpc) is 3.09. The zero-order valence-corrected chi connectivity index (χ0v) is 31.1. The van der Waals surface area contributed by atoms with Crippen molar-refractivity contribution < 1.29 is 49.2 Å². The van der Waals surface area contributed by atoms with Crippen molar-refractivity contribution in [3.8, 4) is 0 Å². The molecule has 0 aromatic carbocycles. The number of carboxylic acids is 2. The van der Waals surface area contributed by atoms with Crippen LogP contribution in [0.25, 0.3) is 0 Å². The van der Waals surface area contributed by atoms with E-state index < -0.39 is 41.9 Å². The molecule has 3 atom stereocenters. The number of aliphatic hydroxyl groups is 2. The molecule has 0 fully saturated rings. The molecule has 0 saturated carbocycles. The summed E-state index contributed by atoms with van der Waals surface area (Å²) < 4.78 is 0. The minimum atomic E-state index is -1.32. The third-order valence-electron chi connectivity index (χ3n) is 8.80. The first-order chi connectivity index (χ1) is 24.5. The van der Waals surface area contributed by atoms with Crippen LogP contribution in [0.5, 0.6) is 0 Å². The van der Waals surface area contributed by atoms with Gasteiger partial charge in [0.2, 0.25) is 23.6 Å². The lowest BCUT2D eigenvalue weighted by Gasteiger charge is -2.19. The molecule has 0 spiro atoms. The van der Waals surface area contributed by atoms with Gasteiger partial charge in [0.05, 0.1) is 25.3 Å². The third kappa shape index (κ3) is 30.1. The van der Waals surface area contributed by atoms with Crippen molar-refractivity contribution in [2.24, 2.45) is 0 Å². The molecular weight excluding hydrogens is 660 g/mol. The molecule has 0 aliphatic rings. The van der Waals surface area contributed by atoms with Crippen LogP contribution in [-0.2, 0) is 28.8 Å². The van der Waals surface area contributed by atoms with Gasteiger partial charge in [-0.2, -0.15) is 0 Å². The van der Waals surface area contributed by atoms with Gasteiger partial charge in [-0.3, -0.25) is 24.0 Å². The molecule has 0 aromatic heterocycles. The number of hydrogen-bond donors (Lipinski definition) is 8. The SMILES string of the molecule is CCCCNC(=O)CC[C@@H](CO)NC(=O)CCC(NC(=O)CC[C@@H](CO)NC(=O)CCCCCCCCCCCCCCCCC(=O)O)C(=O)O. The molecule has 0 rings (SSSR count). The molecule has 1 unspecified atom stereocenters. The van der Waals surface area contributed by atoms with E-state index in [1.54, 1.807) is 0 Å². The van der Waals surface area contributed by atoms with E-state index in [2.05, 4.69) is 21.3 Å². The number of carbonyl (C=O) groups is 6. The fourth-order valence-electron chi connectivity index (χ4n) is 5.60. The van der Waals surface area contributed by atoms with Gasteiger partial charge in [0.1, 0.15) is 6.04 Å². The largest absolute Gasteiger partial charge is 0.481 e. The van der Waals surface area contributed by atoms with Crippen LogP contribution in [0.3, 0.4) is 0 Å². The van der Waals surface area contributed by atoms with Gasteiger partial charge >= 0.3 is 11.9 Å². The fraction of sp³-hybridized carbons (Fsp3) is 0.838. The summed E-state index contributed by atoms with van der Waals surface area (Å²) >= 11 is 0. The van der Waals surface area contributed by atoms with Gasteiger partial charge in [0.15, 0.2) is 0 Å². The molecule has 4 amide bonds. The Labute approximate surface area is 304 Å². The lowest BCUT2D eigenvalue weighted by molar-refractivity contribution is -0.142. The van der Waals surface area contributed by atoms with Crippen LogP contribution < -0.4 is 21.3 Å². The summed E-state index contributed by atoms with van der Waals surface area (Å²) in [5, 5.41) is 47.9. The molecular formula is C37H68N4O10. The van der Waals surface area contributed by atoms with Crippen molar-refractivity contribution >= 4 is 35.6 Å². The van der Waals surface area contributed by atoms with Crippen molar-refractivity contribution in [2.75, 3.05) is 19.8 Å². The Morgan fingerprint density at radius 1 is 0.471 bits per heavy atom. The lowest BCUT2D eigenvalue weighted by atomic mass is 10.0. The zero-order valence-electron chi connectivity index (χ0n) is 31.1. The van der Waals surface area contributed by atoms with Crippen LogP contribution in [-0.4, -0.2) is 93.9 Å². The molecule has 51 heavy (non-hydrogen) atoms. The van der Waals surface area contributed by atoms with Crippen LogP contribution in [0.2, 0.25) is 0 Å². The second kappa shape index (κ2) is 32.6. The summed E-state index contributed by atoms with van der Waals surface area (Å²) in [6.45, 7) is 1.84. The van der Waals surface area contributed by atoms with Crippen molar-refractivity contribution in [1.82, 2.24) is 21.3 Å². The van der Waals surface area contributed by atoms with Crippen molar-refractivity contribution in [1.29, 1.82) is 0 Å². The van der Waals surface area contributed by atoms with Crippen LogP contribution in [0, 0.1) is 0 Å². The Hall–Kier alpha value is -3.26. The summed E-state index contributed by atoms with van der Waals surface area (Å²) in [6, 6.07) is -2.61. The van der Waals surface area contributed by atoms with E-state index in [1.807, 2.05) is 6.92 Å².